The molecule has 2 heterocycles. The third-order valence-electron chi connectivity index (χ3n) is 6.00. The number of nitrogens with zero attached hydrogens (tertiary/aromatic N) is 3. The van der Waals surface area contributed by atoms with Crippen molar-refractivity contribution < 1.29 is 9.53 Å². The SMILES string of the molecule is COc1ccc(CNC(=O)C2CCN(c3ccc(=O)n(-c4ccc(C)c(Cl)c4)n3)CC2)cc1. The smallest absolute Gasteiger partial charge is 0.271 e. The van der Waals surface area contributed by atoms with E-state index in [1.54, 1.807) is 19.2 Å². The minimum absolute atomic E-state index is 0.0405. The molecule has 1 amide bonds. The summed E-state index contributed by atoms with van der Waals surface area (Å²) in [6.45, 7) is 3.80. The third kappa shape index (κ3) is 5.37. The van der Waals surface area contributed by atoms with Gasteiger partial charge in [-0.2, -0.15) is 4.68 Å². The van der Waals surface area contributed by atoms with E-state index in [9.17, 15) is 9.59 Å². The van der Waals surface area contributed by atoms with Gasteiger partial charge in [-0.3, -0.25) is 9.59 Å². The average molecular weight is 467 g/mol. The van der Waals surface area contributed by atoms with E-state index in [1.165, 1.54) is 10.7 Å². The molecule has 4 rings (SSSR count). The molecule has 1 aliphatic rings. The van der Waals surface area contributed by atoms with E-state index in [0.717, 1.165) is 29.7 Å². The van der Waals surface area contributed by atoms with Crippen LogP contribution in [0.25, 0.3) is 5.69 Å². The van der Waals surface area contributed by atoms with E-state index in [-0.39, 0.29) is 17.4 Å². The molecule has 0 bridgehead atoms. The lowest BCUT2D eigenvalue weighted by molar-refractivity contribution is -0.125. The van der Waals surface area contributed by atoms with Gasteiger partial charge >= 0.3 is 0 Å². The Labute approximate surface area is 197 Å². The van der Waals surface area contributed by atoms with Crippen LogP contribution in [-0.2, 0) is 11.3 Å². The van der Waals surface area contributed by atoms with Crippen LogP contribution < -0.4 is 20.5 Å². The largest absolute Gasteiger partial charge is 0.497 e. The molecule has 8 heteroatoms. The number of benzene rings is 2. The summed E-state index contributed by atoms with van der Waals surface area (Å²) in [5.41, 5.74) is 2.39. The van der Waals surface area contributed by atoms with E-state index in [4.69, 9.17) is 16.3 Å². The molecule has 0 unspecified atom stereocenters. The van der Waals surface area contributed by atoms with E-state index in [1.807, 2.05) is 43.3 Å². The molecule has 2 aromatic carbocycles. The average Bonchev–Trinajstić information content (AvgIpc) is 2.85. The van der Waals surface area contributed by atoms with Gasteiger partial charge in [-0.1, -0.05) is 29.8 Å². The van der Waals surface area contributed by atoms with Gasteiger partial charge in [0.15, 0.2) is 0 Å². The summed E-state index contributed by atoms with van der Waals surface area (Å²) in [5.74, 6) is 1.53. The second-order valence-corrected chi connectivity index (χ2v) is 8.61. The number of methoxy groups -OCH3 is 1. The van der Waals surface area contributed by atoms with Gasteiger partial charge in [0.25, 0.3) is 5.56 Å². The fraction of sp³-hybridized carbons (Fsp3) is 0.320. The van der Waals surface area contributed by atoms with Crippen LogP contribution in [0.1, 0.15) is 24.0 Å². The Balaban J connectivity index is 1.36. The fourth-order valence-electron chi connectivity index (χ4n) is 3.92. The molecule has 1 N–H and O–H groups in total. The van der Waals surface area contributed by atoms with Crippen LogP contribution in [0.4, 0.5) is 5.82 Å². The van der Waals surface area contributed by atoms with Crippen LogP contribution in [0, 0.1) is 12.8 Å². The number of piperidine rings is 1. The quantitative estimate of drug-likeness (QED) is 0.599. The van der Waals surface area contributed by atoms with Gasteiger partial charge in [-0.25, -0.2) is 0 Å². The number of anilines is 1. The van der Waals surface area contributed by atoms with E-state index in [0.29, 0.717) is 36.2 Å². The molecule has 0 spiro atoms. The maximum Gasteiger partial charge on any atom is 0.271 e. The van der Waals surface area contributed by atoms with E-state index >= 15 is 0 Å². The highest BCUT2D eigenvalue weighted by Gasteiger charge is 2.26. The Bertz CT molecular complexity index is 1190. The number of hydrogen-bond acceptors (Lipinski definition) is 5. The summed E-state index contributed by atoms with van der Waals surface area (Å²) < 4.78 is 6.53. The van der Waals surface area contributed by atoms with Gasteiger partial charge in [-0.15, -0.1) is 5.10 Å². The standard InChI is InChI=1S/C25H27ClN4O3/c1-17-3-6-20(15-22(17)26)30-24(31)10-9-23(28-30)29-13-11-19(12-14-29)25(32)27-16-18-4-7-21(33-2)8-5-18/h3-10,15,19H,11-14,16H2,1-2H3,(H,27,32). The predicted molar refractivity (Wildman–Crippen MR) is 129 cm³/mol. The number of rotatable bonds is 6. The zero-order valence-electron chi connectivity index (χ0n) is 18.8. The van der Waals surface area contributed by atoms with Crippen LogP contribution in [0.5, 0.6) is 5.75 Å². The Morgan fingerprint density at radius 1 is 1.12 bits per heavy atom. The summed E-state index contributed by atoms with van der Waals surface area (Å²) in [6.07, 6.45) is 1.46. The third-order valence-corrected chi connectivity index (χ3v) is 6.41. The molecule has 3 aromatic rings. The van der Waals surface area contributed by atoms with Crippen molar-refractivity contribution in [3.05, 3.63) is 81.1 Å². The molecule has 0 radical (unpaired) electrons. The molecule has 0 atom stereocenters. The minimum Gasteiger partial charge on any atom is -0.497 e. The van der Waals surface area contributed by atoms with Gasteiger partial charge in [-0.05, 0) is 61.2 Å². The molecule has 1 aliphatic heterocycles. The van der Waals surface area contributed by atoms with Crippen molar-refractivity contribution in [3.63, 3.8) is 0 Å². The number of ether oxygens (including phenoxy) is 1. The fourth-order valence-corrected chi connectivity index (χ4v) is 4.09. The van der Waals surface area contributed by atoms with Crippen LogP contribution >= 0.6 is 11.6 Å². The molecule has 33 heavy (non-hydrogen) atoms. The minimum atomic E-state index is -0.216. The van der Waals surface area contributed by atoms with Crippen molar-refractivity contribution in [2.75, 3.05) is 25.1 Å². The first-order valence-corrected chi connectivity index (χ1v) is 11.3. The molecule has 0 aliphatic carbocycles. The molecule has 1 saturated heterocycles. The highest BCUT2D eigenvalue weighted by molar-refractivity contribution is 6.31. The van der Waals surface area contributed by atoms with Crippen LogP contribution in [-0.4, -0.2) is 35.9 Å². The number of carbonyl (C=O) groups excluding carboxylic acids is 1. The first kappa shape index (κ1) is 22.9. The van der Waals surface area contributed by atoms with Crippen LogP contribution in [0.15, 0.2) is 59.4 Å². The van der Waals surface area contributed by atoms with Gasteiger partial charge < -0.3 is 15.0 Å². The summed E-state index contributed by atoms with van der Waals surface area (Å²) in [6, 6.07) is 16.4. The molecule has 1 fully saturated rings. The monoisotopic (exact) mass is 466 g/mol. The van der Waals surface area contributed by atoms with Crippen molar-refractivity contribution >= 4 is 23.3 Å². The summed E-state index contributed by atoms with van der Waals surface area (Å²) in [5, 5.41) is 8.19. The normalized spacial score (nSPS) is 14.2. The predicted octanol–water partition coefficient (Wildman–Crippen LogP) is 3.74. The number of carbonyl (C=O) groups is 1. The Morgan fingerprint density at radius 3 is 2.52 bits per heavy atom. The van der Waals surface area contributed by atoms with E-state index < -0.39 is 0 Å². The first-order valence-electron chi connectivity index (χ1n) is 11.0. The number of amides is 1. The zero-order valence-corrected chi connectivity index (χ0v) is 19.5. The number of hydrogen-bond donors (Lipinski definition) is 1. The lowest BCUT2D eigenvalue weighted by Crippen LogP contribution is -2.41. The summed E-state index contributed by atoms with van der Waals surface area (Å²) in [4.78, 5) is 27.2. The molecule has 172 valence electrons. The molecular weight excluding hydrogens is 440 g/mol. The van der Waals surface area contributed by atoms with Crippen molar-refractivity contribution in [1.29, 1.82) is 0 Å². The van der Waals surface area contributed by atoms with Gasteiger partial charge in [0.2, 0.25) is 5.91 Å². The van der Waals surface area contributed by atoms with Crippen molar-refractivity contribution in [2.24, 2.45) is 5.92 Å². The lowest BCUT2D eigenvalue weighted by atomic mass is 9.96. The second-order valence-electron chi connectivity index (χ2n) is 8.20. The Hall–Kier alpha value is -3.32. The number of nitrogens with one attached hydrogen (secondary N) is 1. The van der Waals surface area contributed by atoms with Crippen molar-refractivity contribution in [3.8, 4) is 11.4 Å². The highest BCUT2D eigenvalue weighted by atomic mass is 35.5. The topological polar surface area (TPSA) is 76.5 Å². The van der Waals surface area contributed by atoms with Crippen molar-refractivity contribution in [1.82, 2.24) is 15.1 Å². The van der Waals surface area contributed by atoms with Gasteiger partial charge in [0, 0.05) is 36.6 Å². The maximum absolute atomic E-state index is 12.7. The number of halogens is 1. The molecule has 1 aromatic heterocycles. The second kappa shape index (κ2) is 10.1. The lowest BCUT2D eigenvalue weighted by Gasteiger charge is -2.32. The van der Waals surface area contributed by atoms with E-state index in [2.05, 4.69) is 15.3 Å². The molecule has 7 nitrogen and oxygen atoms in total. The number of aryl methyl sites for hydroxylation is 1. The number of aromatic nitrogens is 2. The van der Waals surface area contributed by atoms with Crippen LogP contribution in [0.3, 0.4) is 0 Å². The Morgan fingerprint density at radius 2 is 1.85 bits per heavy atom. The van der Waals surface area contributed by atoms with Gasteiger partial charge in [0.1, 0.15) is 11.6 Å². The van der Waals surface area contributed by atoms with Crippen LogP contribution in [0.2, 0.25) is 5.02 Å². The van der Waals surface area contributed by atoms with Gasteiger partial charge in [0.05, 0.1) is 12.8 Å². The first-order chi connectivity index (χ1) is 15.9. The van der Waals surface area contributed by atoms with Crippen molar-refractivity contribution in [2.45, 2.75) is 26.3 Å². The molecule has 0 saturated carbocycles. The summed E-state index contributed by atoms with van der Waals surface area (Å²) in [7, 11) is 1.63. The Kier molecular flexibility index (Phi) is 6.99. The molecular formula is C25H27ClN4O3. The summed E-state index contributed by atoms with van der Waals surface area (Å²) >= 11 is 6.23. The zero-order chi connectivity index (χ0) is 23.4. The highest BCUT2D eigenvalue weighted by Crippen LogP contribution is 2.23. The maximum atomic E-state index is 12.7.